The van der Waals surface area contributed by atoms with Crippen LogP contribution in [0.4, 0.5) is 0 Å². The van der Waals surface area contributed by atoms with E-state index in [-0.39, 0.29) is 17.9 Å². The van der Waals surface area contributed by atoms with Gasteiger partial charge in [-0.25, -0.2) is 0 Å². The highest BCUT2D eigenvalue weighted by Crippen LogP contribution is 2.28. The molecule has 0 bridgehead atoms. The zero-order chi connectivity index (χ0) is 16.2. The first-order valence-electron chi connectivity index (χ1n) is 8.46. The Hall–Kier alpha value is -1.82. The fourth-order valence-corrected chi connectivity index (χ4v) is 3.57. The van der Waals surface area contributed by atoms with Crippen LogP contribution in [-0.2, 0) is 9.59 Å². The topological polar surface area (TPSA) is 82.8 Å². The number of rotatable bonds is 4. The second-order valence-electron chi connectivity index (χ2n) is 6.46. The minimum absolute atomic E-state index is 0.00519. The monoisotopic (exact) mass is 320 g/mol. The summed E-state index contributed by atoms with van der Waals surface area (Å²) in [5.41, 5.74) is 0. The van der Waals surface area contributed by atoms with Crippen LogP contribution >= 0.6 is 0 Å². The highest BCUT2D eigenvalue weighted by atomic mass is 16.4. The van der Waals surface area contributed by atoms with Gasteiger partial charge < -0.3 is 19.7 Å². The molecule has 2 saturated heterocycles. The molecule has 2 aliphatic rings. The molecule has 0 radical (unpaired) electrons. The lowest BCUT2D eigenvalue weighted by Crippen LogP contribution is -2.49. The Kier molecular flexibility index (Phi) is 5.00. The summed E-state index contributed by atoms with van der Waals surface area (Å²) in [5, 5.41) is 13.1. The quantitative estimate of drug-likeness (QED) is 0.885. The van der Waals surface area contributed by atoms with Crippen molar-refractivity contribution in [2.45, 2.75) is 63.1 Å². The maximum atomic E-state index is 12.8. The SMILES string of the molecule is O=C1CC[C@H](C(=O)N2CCCCC[C@H]2C[C@@H](O)c2ccco2)N1. The van der Waals surface area contributed by atoms with Gasteiger partial charge in [-0.05, 0) is 31.4 Å². The predicted molar refractivity (Wildman–Crippen MR) is 83.4 cm³/mol. The summed E-state index contributed by atoms with van der Waals surface area (Å²) in [6.07, 6.45) is 6.30. The minimum atomic E-state index is -0.707. The third-order valence-electron chi connectivity index (χ3n) is 4.82. The van der Waals surface area contributed by atoms with Crippen molar-refractivity contribution in [3.05, 3.63) is 24.2 Å². The lowest BCUT2D eigenvalue weighted by atomic mass is 10.0. The van der Waals surface area contributed by atoms with E-state index in [0.717, 1.165) is 25.7 Å². The molecule has 3 rings (SSSR count). The van der Waals surface area contributed by atoms with Crippen LogP contribution in [0.3, 0.4) is 0 Å². The van der Waals surface area contributed by atoms with Gasteiger partial charge >= 0.3 is 0 Å². The molecule has 1 aromatic heterocycles. The second-order valence-corrected chi connectivity index (χ2v) is 6.46. The van der Waals surface area contributed by atoms with Crippen molar-refractivity contribution in [1.29, 1.82) is 0 Å². The van der Waals surface area contributed by atoms with E-state index in [0.29, 0.717) is 31.6 Å². The Bertz CT molecular complexity index is 543. The number of carbonyl (C=O) groups is 2. The molecular weight excluding hydrogens is 296 g/mol. The van der Waals surface area contributed by atoms with Gasteiger partial charge in [-0.1, -0.05) is 12.8 Å². The van der Waals surface area contributed by atoms with Crippen LogP contribution in [0.1, 0.15) is 56.8 Å². The average Bonchev–Trinajstić information content (AvgIpc) is 3.16. The molecule has 3 atom stereocenters. The number of hydrogen-bond donors (Lipinski definition) is 2. The van der Waals surface area contributed by atoms with E-state index in [9.17, 15) is 14.7 Å². The molecule has 3 heterocycles. The molecule has 6 heteroatoms. The van der Waals surface area contributed by atoms with Gasteiger partial charge in [0.25, 0.3) is 0 Å². The second kappa shape index (κ2) is 7.17. The lowest BCUT2D eigenvalue weighted by molar-refractivity contribution is -0.137. The van der Waals surface area contributed by atoms with E-state index in [1.165, 1.54) is 0 Å². The van der Waals surface area contributed by atoms with E-state index >= 15 is 0 Å². The summed E-state index contributed by atoms with van der Waals surface area (Å²) in [5.74, 6) is 0.482. The fraction of sp³-hybridized carbons (Fsp3) is 0.647. The number of nitrogens with one attached hydrogen (secondary N) is 1. The third-order valence-corrected chi connectivity index (χ3v) is 4.82. The van der Waals surface area contributed by atoms with Crippen LogP contribution < -0.4 is 5.32 Å². The van der Waals surface area contributed by atoms with Crippen molar-refractivity contribution < 1.29 is 19.1 Å². The molecule has 2 aliphatic heterocycles. The average molecular weight is 320 g/mol. The molecule has 0 aromatic carbocycles. The number of furan rings is 1. The van der Waals surface area contributed by atoms with E-state index in [2.05, 4.69) is 5.32 Å². The van der Waals surface area contributed by atoms with Crippen LogP contribution in [0, 0.1) is 0 Å². The zero-order valence-corrected chi connectivity index (χ0v) is 13.2. The van der Waals surface area contributed by atoms with Crippen molar-refractivity contribution in [3.8, 4) is 0 Å². The molecular formula is C17H24N2O4. The van der Waals surface area contributed by atoms with Crippen LogP contribution in [0.2, 0.25) is 0 Å². The molecule has 0 saturated carbocycles. The van der Waals surface area contributed by atoms with Gasteiger partial charge in [0.05, 0.1) is 6.26 Å². The van der Waals surface area contributed by atoms with E-state index < -0.39 is 12.1 Å². The summed E-state index contributed by atoms with van der Waals surface area (Å²) in [6.45, 7) is 0.695. The standard InChI is InChI=1S/C17H24N2O4/c20-14(15-6-4-10-23-15)11-12-5-2-1-3-9-19(12)17(22)13-7-8-16(21)18-13/h4,6,10,12-14,20H,1-3,5,7-9,11H2,(H,18,21)/t12-,13+,14+/m0/s1. The number of hydrogen-bond acceptors (Lipinski definition) is 4. The highest BCUT2D eigenvalue weighted by Gasteiger charge is 2.35. The number of likely N-dealkylation sites (tertiary alicyclic amines) is 1. The maximum Gasteiger partial charge on any atom is 0.245 e. The van der Waals surface area contributed by atoms with Crippen molar-refractivity contribution in [2.24, 2.45) is 0 Å². The van der Waals surface area contributed by atoms with Crippen molar-refractivity contribution in [1.82, 2.24) is 10.2 Å². The summed E-state index contributed by atoms with van der Waals surface area (Å²) in [4.78, 5) is 26.0. The molecule has 6 nitrogen and oxygen atoms in total. The Balaban J connectivity index is 1.69. The predicted octanol–water partition coefficient (Wildman–Crippen LogP) is 1.75. The molecule has 0 aliphatic carbocycles. The minimum Gasteiger partial charge on any atom is -0.467 e. The third kappa shape index (κ3) is 3.75. The van der Waals surface area contributed by atoms with Crippen LogP contribution in [0.15, 0.2) is 22.8 Å². The smallest absolute Gasteiger partial charge is 0.245 e. The van der Waals surface area contributed by atoms with E-state index in [1.54, 1.807) is 18.4 Å². The van der Waals surface area contributed by atoms with Gasteiger partial charge in [0.1, 0.15) is 17.9 Å². The van der Waals surface area contributed by atoms with Gasteiger partial charge in [0.15, 0.2) is 0 Å². The van der Waals surface area contributed by atoms with Crippen molar-refractivity contribution >= 4 is 11.8 Å². The Labute approximate surface area is 135 Å². The number of aliphatic hydroxyl groups excluding tert-OH is 1. The van der Waals surface area contributed by atoms with Crippen LogP contribution in [0.25, 0.3) is 0 Å². The number of nitrogens with zero attached hydrogens (tertiary/aromatic N) is 1. The lowest BCUT2D eigenvalue weighted by Gasteiger charge is -2.33. The van der Waals surface area contributed by atoms with Gasteiger partial charge in [-0.2, -0.15) is 0 Å². The summed E-state index contributed by atoms with van der Waals surface area (Å²) < 4.78 is 5.27. The normalized spacial score (nSPS) is 26.7. The molecule has 126 valence electrons. The van der Waals surface area contributed by atoms with Crippen molar-refractivity contribution in [3.63, 3.8) is 0 Å². The summed E-state index contributed by atoms with van der Waals surface area (Å²) >= 11 is 0. The summed E-state index contributed by atoms with van der Waals surface area (Å²) in [6, 6.07) is 3.10. The molecule has 2 N–H and O–H groups in total. The number of aliphatic hydroxyl groups is 1. The maximum absolute atomic E-state index is 12.8. The van der Waals surface area contributed by atoms with E-state index in [1.807, 2.05) is 4.90 Å². The Morgan fingerprint density at radius 1 is 1.39 bits per heavy atom. The summed E-state index contributed by atoms with van der Waals surface area (Å²) in [7, 11) is 0. The first-order valence-corrected chi connectivity index (χ1v) is 8.46. The fourth-order valence-electron chi connectivity index (χ4n) is 3.57. The molecule has 2 amide bonds. The number of carbonyl (C=O) groups excluding carboxylic acids is 2. The number of amides is 2. The van der Waals surface area contributed by atoms with Crippen LogP contribution in [-0.4, -0.2) is 40.4 Å². The first-order chi connectivity index (χ1) is 11.1. The largest absolute Gasteiger partial charge is 0.467 e. The zero-order valence-electron chi connectivity index (χ0n) is 13.2. The van der Waals surface area contributed by atoms with Gasteiger partial charge in [0, 0.05) is 25.4 Å². The van der Waals surface area contributed by atoms with E-state index in [4.69, 9.17) is 4.42 Å². The molecule has 2 fully saturated rings. The van der Waals surface area contributed by atoms with Gasteiger partial charge in [0.2, 0.25) is 11.8 Å². The first kappa shape index (κ1) is 16.1. The highest BCUT2D eigenvalue weighted by molar-refractivity contribution is 5.91. The Morgan fingerprint density at radius 3 is 2.96 bits per heavy atom. The molecule has 0 unspecified atom stereocenters. The molecule has 0 spiro atoms. The molecule has 23 heavy (non-hydrogen) atoms. The van der Waals surface area contributed by atoms with Crippen molar-refractivity contribution in [2.75, 3.05) is 6.54 Å². The Morgan fingerprint density at radius 2 is 2.26 bits per heavy atom. The molecule has 1 aromatic rings. The van der Waals surface area contributed by atoms with Gasteiger partial charge in [-0.15, -0.1) is 0 Å². The van der Waals surface area contributed by atoms with Crippen LogP contribution in [0.5, 0.6) is 0 Å². The van der Waals surface area contributed by atoms with Gasteiger partial charge in [-0.3, -0.25) is 9.59 Å².